The minimum absolute atomic E-state index is 0.103. The number of carbonyl (C=O) groups excluding carboxylic acids is 1. The van der Waals surface area contributed by atoms with Crippen molar-refractivity contribution in [1.82, 2.24) is 0 Å². The van der Waals surface area contributed by atoms with Crippen LogP contribution >= 0.6 is 0 Å². The number of non-ortho nitro benzene ring substituents is 1. The van der Waals surface area contributed by atoms with E-state index in [0.717, 1.165) is 25.0 Å². The number of esters is 1. The third-order valence-electron chi connectivity index (χ3n) is 2.73. The van der Waals surface area contributed by atoms with Gasteiger partial charge in [-0.3, -0.25) is 25.0 Å². The van der Waals surface area contributed by atoms with Crippen molar-refractivity contribution in [2.45, 2.75) is 40.0 Å². The summed E-state index contributed by atoms with van der Waals surface area (Å²) in [4.78, 5) is 29.3. The van der Waals surface area contributed by atoms with Gasteiger partial charge >= 0.3 is 11.7 Å². The molecule has 0 atom stereocenters. The lowest BCUT2D eigenvalue weighted by Gasteiger charge is -1.99. The molecule has 0 unspecified atom stereocenters. The summed E-state index contributed by atoms with van der Waals surface area (Å²) in [6, 6.07) is 1.80. The van der Waals surface area contributed by atoms with Crippen molar-refractivity contribution in [3.05, 3.63) is 37.9 Å². The van der Waals surface area contributed by atoms with Crippen molar-refractivity contribution < 1.29 is 24.5 Å². The van der Waals surface area contributed by atoms with Crippen LogP contribution in [0.3, 0.4) is 0 Å². The third-order valence-corrected chi connectivity index (χ3v) is 2.73. The fourth-order valence-corrected chi connectivity index (χ4v) is 1.55. The second-order valence-corrected chi connectivity index (χ2v) is 4.69. The lowest BCUT2D eigenvalue weighted by molar-refractivity contribution is -0.394. The number of benzene rings is 1. The van der Waals surface area contributed by atoms with E-state index in [9.17, 15) is 30.1 Å². The van der Waals surface area contributed by atoms with Crippen LogP contribution in [0.1, 0.15) is 38.7 Å². The van der Waals surface area contributed by atoms with E-state index in [-0.39, 0.29) is 11.5 Å². The van der Waals surface area contributed by atoms with E-state index >= 15 is 0 Å². The smallest absolute Gasteiger partial charge is 0.317 e. The number of nitro groups is 2. The Labute approximate surface area is 133 Å². The van der Waals surface area contributed by atoms with Gasteiger partial charge in [-0.25, -0.2) is 0 Å². The SMILES string of the molecule is CCCCCOC(C)=O.Cc1cc([N+](=O)[O-])cc([N+](=O)[O-])c1O. The van der Waals surface area contributed by atoms with Crippen molar-refractivity contribution in [2.24, 2.45) is 0 Å². The molecule has 0 heterocycles. The molecule has 0 saturated heterocycles. The highest BCUT2D eigenvalue weighted by Crippen LogP contribution is 2.33. The van der Waals surface area contributed by atoms with E-state index in [4.69, 9.17) is 4.74 Å². The van der Waals surface area contributed by atoms with Gasteiger partial charge in [0.15, 0.2) is 5.75 Å². The Bertz CT molecular complexity index is 572. The highest BCUT2D eigenvalue weighted by molar-refractivity contribution is 5.65. The number of nitrogens with zero attached hydrogens (tertiary/aromatic N) is 2. The molecule has 0 fully saturated rings. The Morgan fingerprint density at radius 1 is 1.22 bits per heavy atom. The van der Waals surface area contributed by atoms with Crippen LogP contribution in [-0.4, -0.2) is 27.5 Å². The van der Waals surface area contributed by atoms with Gasteiger partial charge in [-0.2, -0.15) is 0 Å². The zero-order valence-corrected chi connectivity index (χ0v) is 13.3. The van der Waals surface area contributed by atoms with Gasteiger partial charge in [0.1, 0.15) is 0 Å². The number of phenols is 1. The second kappa shape index (κ2) is 10.1. The first-order valence-electron chi connectivity index (χ1n) is 6.96. The number of ether oxygens (including phenoxy) is 1. The summed E-state index contributed by atoms with van der Waals surface area (Å²) in [5, 5.41) is 29.9. The van der Waals surface area contributed by atoms with Gasteiger partial charge in [0.25, 0.3) is 5.69 Å². The fraction of sp³-hybridized carbons (Fsp3) is 0.500. The molecule has 0 aliphatic rings. The van der Waals surface area contributed by atoms with Crippen molar-refractivity contribution in [1.29, 1.82) is 0 Å². The van der Waals surface area contributed by atoms with Crippen molar-refractivity contribution in [3.63, 3.8) is 0 Å². The van der Waals surface area contributed by atoms with Crippen molar-refractivity contribution >= 4 is 17.3 Å². The van der Waals surface area contributed by atoms with Gasteiger partial charge < -0.3 is 9.84 Å². The van der Waals surface area contributed by atoms with Crippen LogP contribution in [0.25, 0.3) is 0 Å². The minimum Gasteiger partial charge on any atom is -0.502 e. The van der Waals surface area contributed by atoms with Crippen molar-refractivity contribution in [3.8, 4) is 5.75 Å². The first kappa shape index (κ1) is 20.3. The molecule has 9 nitrogen and oxygen atoms in total. The molecular formula is C14H20N2O7. The predicted molar refractivity (Wildman–Crippen MR) is 82.3 cm³/mol. The Hall–Kier alpha value is -2.71. The summed E-state index contributed by atoms with van der Waals surface area (Å²) in [5.41, 5.74) is -0.963. The van der Waals surface area contributed by atoms with Crippen LogP contribution in [0, 0.1) is 27.2 Å². The number of unbranched alkanes of at least 4 members (excludes halogenated alkanes) is 2. The lowest BCUT2D eigenvalue weighted by Crippen LogP contribution is -1.99. The number of aromatic hydroxyl groups is 1. The number of aryl methyl sites for hydroxylation is 1. The normalized spacial score (nSPS) is 9.52. The largest absolute Gasteiger partial charge is 0.502 e. The van der Waals surface area contributed by atoms with Crippen LogP contribution in [0.4, 0.5) is 11.4 Å². The Morgan fingerprint density at radius 2 is 1.83 bits per heavy atom. The quantitative estimate of drug-likeness (QED) is 0.366. The molecule has 0 aliphatic heterocycles. The molecule has 1 aromatic carbocycles. The Balaban J connectivity index is 0.000000468. The Morgan fingerprint density at radius 3 is 2.26 bits per heavy atom. The number of nitro benzene ring substituents is 2. The number of phenolic OH excluding ortho intramolecular Hbond substituents is 1. The summed E-state index contributed by atoms with van der Waals surface area (Å²) < 4.78 is 4.70. The molecule has 0 aromatic heterocycles. The molecule has 128 valence electrons. The summed E-state index contributed by atoms with van der Waals surface area (Å²) in [7, 11) is 0. The summed E-state index contributed by atoms with van der Waals surface area (Å²) in [6.45, 7) is 5.50. The number of carbonyl (C=O) groups is 1. The molecule has 0 amide bonds. The molecule has 9 heteroatoms. The van der Waals surface area contributed by atoms with Crippen LogP contribution in [0.2, 0.25) is 0 Å². The maximum absolute atomic E-state index is 10.4. The molecule has 0 spiro atoms. The zero-order valence-electron chi connectivity index (χ0n) is 13.3. The van der Waals surface area contributed by atoms with E-state index < -0.39 is 27.0 Å². The lowest BCUT2D eigenvalue weighted by atomic mass is 10.1. The van der Waals surface area contributed by atoms with Gasteiger partial charge in [0, 0.05) is 18.6 Å². The highest BCUT2D eigenvalue weighted by Gasteiger charge is 2.21. The zero-order chi connectivity index (χ0) is 18.0. The molecule has 1 N–H and O–H groups in total. The fourth-order valence-electron chi connectivity index (χ4n) is 1.55. The Kier molecular flexibility index (Phi) is 8.90. The molecule has 0 radical (unpaired) electrons. The maximum Gasteiger partial charge on any atom is 0.317 e. The minimum atomic E-state index is -0.866. The molecule has 0 saturated carbocycles. The number of hydrogen-bond acceptors (Lipinski definition) is 7. The van der Waals surface area contributed by atoms with Gasteiger partial charge in [-0.05, 0) is 13.3 Å². The predicted octanol–water partition coefficient (Wildman–Crippen LogP) is 3.26. The second-order valence-electron chi connectivity index (χ2n) is 4.69. The topological polar surface area (TPSA) is 133 Å². The van der Waals surface area contributed by atoms with Gasteiger partial charge in [-0.15, -0.1) is 0 Å². The van der Waals surface area contributed by atoms with Crippen LogP contribution in [0.15, 0.2) is 12.1 Å². The van der Waals surface area contributed by atoms with Gasteiger partial charge in [0.05, 0.1) is 22.5 Å². The number of hydrogen-bond donors (Lipinski definition) is 1. The van der Waals surface area contributed by atoms with Gasteiger partial charge in [0.2, 0.25) is 0 Å². The molecule has 1 aromatic rings. The average Bonchev–Trinajstić information content (AvgIpc) is 2.46. The van der Waals surface area contributed by atoms with E-state index in [1.807, 2.05) is 0 Å². The van der Waals surface area contributed by atoms with E-state index in [1.165, 1.54) is 20.3 Å². The monoisotopic (exact) mass is 328 g/mol. The number of rotatable bonds is 6. The molecule has 23 heavy (non-hydrogen) atoms. The van der Waals surface area contributed by atoms with Crippen LogP contribution < -0.4 is 0 Å². The maximum atomic E-state index is 10.4. The van der Waals surface area contributed by atoms with E-state index in [0.29, 0.717) is 6.61 Å². The molecule has 0 bridgehead atoms. The summed E-state index contributed by atoms with van der Waals surface area (Å²) in [6.07, 6.45) is 3.31. The molecule has 1 rings (SSSR count). The van der Waals surface area contributed by atoms with Gasteiger partial charge in [-0.1, -0.05) is 19.8 Å². The molecular weight excluding hydrogens is 308 g/mol. The van der Waals surface area contributed by atoms with Crippen LogP contribution in [-0.2, 0) is 9.53 Å². The average molecular weight is 328 g/mol. The first-order chi connectivity index (χ1) is 10.7. The highest BCUT2D eigenvalue weighted by atomic mass is 16.6. The summed E-state index contributed by atoms with van der Waals surface area (Å²) in [5.74, 6) is -0.716. The summed E-state index contributed by atoms with van der Waals surface area (Å²) >= 11 is 0. The molecule has 0 aliphatic carbocycles. The van der Waals surface area contributed by atoms with Crippen LogP contribution in [0.5, 0.6) is 5.75 Å². The van der Waals surface area contributed by atoms with E-state index in [2.05, 4.69) is 6.92 Å². The van der Waals surface area contributed by atoms with E-state index in [1.54, 1.807) is 0 Å². The van der Waals surface area contributed by atoms with Crippen molar-refractivity contribution in [2.75, 3.05) is 6.61 Å². The third kappa shape index (κ3) is 7.74. The first-order valence-corrected chi connectivity index (χ1v) is 6.96. The standard InChI is InChI=1S/C7H6N2O5.C7H14O2/c1-4-2-5(8(11)12)3-6(7(4)10)9(13)14;1-3-4-5-6-9-7(2)8/h2-3,10H,1H3;3-6H2,1-2H3.